The van der Waals surface area contributed by atoms with Gasteiger partial charge in [0.15, 0.2) is 10.9 Å². The first-order valence-corrected chi connectivity index (χ1v) is 25.1. The minimum atomic E-state index is -5.21. The van der Waals surface area contributed by atoms with Gasteiger partial charge in [0.2, 0.25) is 23.6 Å². The molecule has 0 radical (unpaired) electrons. The largest absolute Gasteiger partial charge is 0.494 e. The number of aromatic nitrogens is 2. The Morgan fingerprint density at radius 2 is 1.68 bits per heavy atom. The second-order valence-corrected chi connectivity index (χ2v) is 20.3. The summed E-state index contributed by atoms with van der Waals surface area (Å²) in [6.45, 7) is 12.4. The summed E-state index contributed by atoms with van der Waals surface area (Å²) in [7, 11) is 1.36. The summed E-state index contributed by atoms with van der Waals surface area (Å²) in [5, 5.41) is 14.7. The topological polar surface area (TPSA) is 189 Å². The van der Waals surface area contributed by atoms with Gasteiger partial charge in [0, 0.05) is 39.0 Å². The Morgan fingerprint density at radius 3 is 2.34 bits per heavy atom. The lowest BCUT2D eigenvalue weighted by Gasteiger charge is -2.35. The Bertz CT molecular complexity index is 2690. The first-order valence-electron chi connectivity index (χ1n) is 23.8. The highest BCUT2D eigenvalue weighted by Gasteiger charge is 2.53. The molecular formula is C51H60F4N8O8S2. The number of thiazole rings is 1. The average Bonchev–Trinajstić information content (AvgIpc) is 4.06. The van der Waals surface area contributed by atoms with Crippen LogP contribution in [-0.4, -0.2) is 108 Å². The number of alkyl halides is 3. The highest BCUT2D eigenvalue weighted by molar-refractivity contribution is 7.81. The van der Waals surface area contributed by atoms with Crippen molar-refractivity contribution in [3.05, 3.63) is 82.4 Å². The number of ether oxygens (including phenoxy) is 4. The zero-order valence-corrected chi connectivity index (χ0v) is 43.5. The van der Waals surface area contributed by atoms with Crippen LogP contribution in [0.2, 0.25) is 0 Å². The van der Waals surface area contributed by atoms with Gasteiger partial charge in [-0.2, -0.15) is 18.4 Å². The predicted molar refractivity (Wildman–Crippen MR) is 269 cm³/mol. The smallest absolute Gasteiger partial charge is 0.420 e. The molecule has 6 rings (SSSR count). The predicted octanol–water partition coefficient (Wildman–Crippen LogP) is 8.28. The summed E-state index contributed by atoms with van der Waals surface area (Å²) in [5.74, 6) is -3.22. The van der Waals surface area contributed by atoms with Gasteiger partial charge in [-0.05, 0) is 100 Å². The molecule has 0 unspecified atom stereocenters. The SMILES string of the molecule is COc1cc(OCCCCCOCCCOCC(=O)N[C@H](C(=O)N2CCC[C@H]2C(=O)NCc2ccc(-c3scnc3C)cc2)C(C)(C)C)ncc1N1C(=S)N(c2ccc(C#N)c(C(F)(F)F)c2F)C(=O)C1(C)C. The summed E-state index contributed by atoms with van der Waals surface area (Å²) in [6.07, 6.45) is 0.0273. The van der Waals surface area contributed by atoms with Gasteiger partial charge in [-0.25, -0.2) is 14.4 Å². The van der Waals surface area contributed by atoms with E-state index in [1.165, 1.54) is 44.2 Å². The van der Waals surface area contributed by atoms with E-state index in [2.05, 4.69) is 20.6 Å². The van der Waals surface area contributed by atoms with Crippen molar-refractivity contribution in [1.82, 2.24) is 25.5 Å². The standard InChI is InChI=1S/C51H60F4N8O8S2/c1-31-43(73-30-59-31)33-16-14-32(15-17-33)27-58-45(65)36-13-11-20-61(36)46(66)44(49(2,3)4)60-39(64)29-70-23-12-22-69-21-9-8-10-24-71-40-25-38(68-7)37(28-57-40)63-48(72)62(47(67)50(63,5)6)35-19-18-34(26-56)41(42(35)52)51(53,54)55/h14-19,25,28,30,36,44H,8-13,20-24,27,29H2,1-7H3,(H,58,65)(H,60,64)/t36-,44+/m0/s1. The van der Waals surface area contributed by atoms with Crippen molar-refractivity contribution in [2.75, 3.05) is 56.5 Å². The molecule has 73 heavy (non-hydrogen) atoms. The Labute approximate surface area is 431 Å². The van der Waals surface area contributed by atoms with Crippen LogP contribution < -0.4 is 29.9 Å². The number of thiocarbonyl (C=S) groups is 1. The van der Waals surface area contributed by atoms with Crippen molar-refractivity contribution in [2.24, 2.45) is 5.41 Å². The van der Waals surface area contributed by atoms with Crippen molar-refractivity contribution in [2.45, 2.75) is 110 Å². The Balaban J connectivity index is 0.872. The minimum Gasteiger partial charge on any atom is -0.494 e. The minimum absolute atomic E-state index is 0.180. The summed E-state index contributed by atoms with van der Waals surface area (Å²) >= 11 is 7.12. The summed E-state index contributed by atoms with van der Waals surface area (Å²) in [6, 6.07) is 11.0. The van der Waals surface area contributed by atoms with E-state index in [-0.39, 0.29) is 47.5 Å². The Kier molecular flexibility index (Phi) is 18.5. The van der Waals surface area contributed by atoms with Gasteiger partial charge in [-0.3, -0.25) is 29.0 Å². The second kappa shape index (κ2) is 24.2. The first kappa shape index (κ1) is 56.0. The Morgan fingerprint density at radius 1 is 0.986 bits per heavy atom. The van der Waals surface area contributed by atoms with E-state index >= 15 is 4.39 Å². The third-order valence-corrected chi connectivity index (χ3v) is 13.7. The summed E-state index contributed by atoms with van der Waals surface area (Å²) in [5.41, 5.74) is -0.676. The average molecular weight is 1050 g/mol. The molecule has 4 heterocycles. The van der Waals surface area contributed by atoms with Gasteiger partial charge in [0.25, 0.3) is 5.91 Å². The van der Waals surface area contributed by atoms with Gasteiger partial charge in [-0.1, -0.05) is 45.0 Å². The van der Waals surface area contributed by atoms with Gasteiger partial charge in [-0.15, -0.1) is 11.3 Å². The summed E-state index contributed by atoms with van der Waals surface area (Å²) in [4.78, 5) is 67.3. The van der Waals surface area contributed by atoms with Crippen molar-refractivity contribution < 1.29 is 55.7 Å². The Hall–Kier alpha value is -6.28. The number of pyridine rings is 1. The molecule has 0 aliphatic carbocycles. The van der Waals surface area contributed by atoms with E-state index in [1.807, 2.05) is 57.5 Å². The fraction of sp³-hybridized carbons (Fsp3) is 0.490. The maximum Gasteiger partial charge on any atom is 0.420 e. The molecule has 2 atom stereocenters. The van der Waals surface area contributed by atoms with Gasteiger partial charge in [0.1, 0.15) is 41.2 Å². The van der Waals surface area contributed by atoms with Crippen molar-refractivity contribution >= 4 is 63.7 Å². The van der Waals surface area contributed by atoms with Crippen molar-refractivity contribution in [3.63, 3.8) is 0 Å². The van der Waals surface area contributed by atoms with Crippen LogP contribution in [0.5, 0.6) is 11.6 Å². The molecule has 2 aliphatic rings. The fourth-order valence-corrected chi connectivity index (χ4v) is 9.83. The lowest BCUT2D eigenvalue weighted by Crippen LogP contribution is -2.58. The van der Waals surface area contributed by atoms with Crippen molar-refractivity contribution in [1.29, 1.82) is 5.26 Å². The van der Waals surface area contributed by atoms with E-state index < -0.39 is 63.7 Å². The molecule has 2 N–H and O–H groups in total. The zero-order chi connectivity index (χ0) is 53.3. The van der Waals surface area contributed by atoms with Gasteiger partial charge in [0.05, 0.1) is 53.3 Å². The number of carbonyl (C=O) groups is 4. The molecule has 392 valence electrons. The molecule has 16 nitrogen and oxygen atoms in total. The number of carbonyl (C=O) groups excluding carboxylic acids is 4. The third kappa shape index (κ3) is 13.3. The third-order valence-electron chi connectivity index (χ3n) is 12.4. The molecule has 22 heteroatoms. The number of aryl methyl sites for hydroxylation is 1. The van der Waals surface area contributed by atoms with Gasteiger partial charge >= 0.3 is 6.18 Å². The number of nitrogens with zero attached hydrogens (tertiary/aromatic N) is 6. The first-order chi connectivity index (χ1) is 34.6. The highest BCUT2D eigenvalue weighted by atomic mass is 32.1. The molecule has 4 amide bonds. The maximum atomic E-state index is 15.5. The highest BCUT2D eigenvalue weighted by Crippen LogP contribution is 2.44. The van der Waals surface area contributed by atoms with E-state index in [0.29, 0.717) is 63.5 Å². The van der Waals surface area contributed by atoms with Crippen LogP contribution in [0.4, 0.5) is 28.9 Å². The lowest BCUT2D eigenvalue weighted by atomic mass is 9.85. The quantitative estimate of drug-likeness (QED) is 0.0435. The molecule has 0 spiro atoms. The number of rotatable bonds is 22. The molecule has 4 aromatic rings. The van der Waals surface area contributed by atoms with E-state index in [1.54, 1.807) is 16.2 Å². The number of likely N-dealkylation sites (tertiary alicyclic amines) is 1. The second-order valence-electron chi connectivity index (χ2n) is 19.1. The number of methoxy groups -OCH3 is 1. The number of anilines is 2. The molecule has 2 aromatic carbocycles. The monoisotopic (exact) mass is 1050 g/mol. The van der Waals surface area contributed by atoms with Crippen LogP contribution in [0.25, 0.3) is 10.4 Å². The number of hydrogen-bond donors (Lipinski definition) is 2. The lowest BCUT2D eigenvalue weighted by molar-refractivity contribution is -0.144. The van der Waals surface area contributed by atoms with Crippen LogP contribution >= 0.6 is 23.6 Å². The maximum absolute atomic E-state index is 15.5. The number of hydrogen-bond acceptors (Lipinski definition) is 13. The number of nitrogens with one attached hydrogen (secondary N) is 2. The van der Waals surface area contributed by atoms with E-state index in [4.69, 9.17) is 31.2 Å². The van der Waals surface area contributed by atoms with Crippen LogP contribution in [-0.2, 0) is 41.4 Å². The number of amides is 4. The van der Waals surface area contributed by atoms with Crippen LogP contribution in [0.15, 0.2) is 54.2 Å². The van der Waals surface area contributed by atoms with E-state index in [0.717, 1.165) is 46.7 Å². The van der Waals surface area contributed by atoms with Crippen molar-refractivity contribution in [3.8, 4) is 28.1 Å². The van der Waals surface area contributed by atoms with Crippen LogP contribution in [0, 0.1) is 29.5 Å². The molecular weight excluding hydrogens is 993 g/mol. The molecule has 2 aromatic heterocycles. The van der Waals surface area contributed by atoms with Gasteiger partial charge < -0.3 is 34.5 Å². The number of unbranched alkanes of at least 4 members (excludes halogenated alkanes) is 2. The molecule has 0 bridgehead atoms. The molecule has 2 fully saturated rings. The molecule has 2 aliphatic heterocycles. The fourth-order valence-electron chi connectivity index (χ4n) is 8.51. The number of nitriles is 1. The number of halogens is 4. The zero-order valence-electron chi connectivity index (χ0n) is 41.8. The van der Waals surface area contributed by atoms with Crippen LogP contribution in [0.1, 0.15) is 95.5 Å². The van der Waals surface area contributed by atoms with E-state index in [9.17, 15) is 37.6 Å². The normalized spacial score (nSPS) is 16.1. The van der Waals surface area contributed by atoms with Crippen LogP contribution in [0.3, 0.4) is 0 Å². The molecule has 2 saturated heterocycles. The summed E-state index contributed by atoms with van der Waals surface area (Å²) < 4.78 is 79.6. The molecule has 0 saturated carbocycles. The number of benzene rings is 2.